The second-order valence-electron chi connectivity index (χ2n) is 3.08. The molecular weight excluding hydrogens is 228 g/mol. The Bertz CT molecular complexity index is 433. The van der Waals surface area contributed by atoms with E-state index in [1.807, 2.05) is 0 Å². The monoisotopic (exact) mass is 240 g/mol. The number of rotatable bonds is 5. The standard InChI is InChI=1S/C10H12N2O5/c1-2-16-10(13)6-17-9-4-3-7(11)5-8(9)12(14)15/h3-5H,2,6,11H2,1H3. The molecule has 0 atom stereocenters. The molecule has 92 valence electrons. The van der Waals surface area contributed by atoms with E-state index in [4.69, 9.17) is 10.5 Å². The highest BCUT2D eigenvalue weighted by atomic mass is 16.6. The lowest BCUT2D eigenvalue weighted by molar-refractivity contribution is -0.385. The van der Waals surface area contributed by atoms with Crippen molar-refractivity contribution >= 4 is 17.3 Å². The molecule has 0 aliphatic heterocycles. The third kappa shape index (κ3) is 3.63. The number of carbonyl (C=O) groups is 1. The number of benzene rings is 1. The predicted octanol–water partition coefficient (Wildman–Crippen LogP) is 1.12. The molecule has 7 heteroatoms. The third-order valence-corrected chi connectivity index (χ3v) is 1.83. The first-order valence-electron chi connectivity index (χ1n) is 4.87. The zero-order chi connectivity index (χ0) is 12.8. The van der Waals surface area contributed by atoms with Crippen molar-refractivity contribution in [1.29, 1.82) is 0 Å². The highest BCUT2D eigenvalue weighted by Crippen LogP contribution is 2.28. The van der Waals surface area contributed by atoms with E-state index in [0.717, 1.165) is 0 Å². The molecule has 0 fully saturated rings. The molecule has 0 aliphatic rings. The number of hydrogen-bond donors (Lipinski definition) is 1. The summed E-state index contributed by atoms with van der Waals surface area (Å²) in [7, 11) is 0. The van der Waals surface area contributed by atoms with Crippen LogP contribution >= 0.6 is 0 Å². The minimum Gasteiger partial charge on any atom is -0.475 e. The Labute approximate surface area is 97.3 Å². The molecule has 0 saturated heterocycles. The van der Waals surface area contributed by atoms with Gasteiger partial charge in [0.25, 0.3) is 0 Å². The van der Waals surface area contributed by atoms with Gasteiger partial charge in [-0.15, -0.1) is 0 Å². The van der Waals surface area contributed by atoms with Crippen molar-refractivity contribution < 1.29 is 19.2 Å². The maximum absolute atomic E-state index is 11.0. The van der Waals surface area contributed by atoms with E-state index in [1.165, 1.54) is 18.2 Å². The molecule has 0 bridgehead atoms. The number of hydrogen-bond acceptors (Lipinski definition) is 6. The Kier molecular flexibility index (Phi) is 4.27. The van der Waals surface area contributed by atoms with E-state index in [0.29, 0.717) is 0 Å². The summed E-state index contributed by atoms with van der Waals surface area (Å²) in [6, 6.07) is 3.96. The Morgan fingerprint density at radius 3 is 2.82 bits per heavy atom. The number of carbonyl (C=O) groups excluding carboxylic acids is 1. The Hall–Kier alpha value is -2.31. The Balaban J connectivity index is 2.77. The van der Waals surface area contributed by atoms with E-state index < -0.39 is 10.9 Å². The van der Waals surface area contributed by atoms with Crippen molar-refractivity contribution in [3.63, 3.8) is 0 Å². The van der Waals surface area contributed by atoms with Gasteiger partial charge in [-0.25, -0.2) is 4.79 Å². The van der Waals surface area contributed by atoms with Crippen LogP contribution in [0.15, 0.2) is 18.2 Å². The highest BCUT2D eigenvalue weighted by Gasteiger charge is 2.16. The molecule has 17 heavy (non-hydrogen) atoms. The number of nitrogen functional groups attached to an aromatic ring is 1. The second kappa shape index (κ2) is 5.69. The summed E-state index contributed by atoms with van der Waals surface area (Å²) >= 11 is 0. The molecule has 0 radical (unpaired) electrons. The predicted molar refractivity (Wildman–Crippen MR) is 59.6 cm³/mol. The molecule has 0 unspecified atom stereocenters. The van der Waals surface area contributed by atoms with Gasteiger partial charge >= 0.3 is 11.7 Å². The van der Waals surface area contributed by atoms with Crippen LogP contribution < -0.4 is 10.5 Å². The zero-order valence-corrected chi connectivity index (χ0v) is 9.21. The van der Waals surface area contributed by atoms with Gasteiger partial charge in [0.15, 0.2) is 12.4 Å². The molecule has 0 amide bonds. The molecule has 1 aromatic carbocycles. The average molecular weight is 240 g/mol. The fourth-order valence-electron chi connectivity index (χ4n) is 1.14. The van der Waals surface area contributed by atoms with Crippen molar-refractivity contribution in [2.45, 2.75) is 6.92 Å². The molecule has 0 saturated carbocycles. The second-order valence-corrected chi connectivity index (χ2v) is 3.08. The van der Waals surface area contributed by atoms with Gasteiger partial charge in [0.05, 0.1) is 11.5 Å². The summed E-state index contributed by atoms with van der Waals surface area (Å²) in [4.78, 5) is 21.1. The molecular formula is C10H12N2O5. The number of anilines is 1. The van der Waals surface area contributed by atoms with Gasteiger partial charge in [0.1, 0.15) is 0 Å². The first kappa shape index (κ1) is 12.8. The van der Waals surface area contributed by atoms with Crippen LogP contribution in [0.1, 0.15) is 6.92 Å². The van der Waals surface area contributed by atoms with Crippen LogP contribution in [0.2, 0.25) is 0 Å². The van der Waals surface area contributed by atoms with Crippen LogP contribution in [-0.2, 0) is 9.53 Å². The van der Waals surface area contributed by atoms with Crippen molar-refractivity contribution in [2.24, 2.45) is 0 Å². The number of nitro benzene ring substituents is 1. The van der Waals surface area contributed by atoms with Gasteiger partial charge in [0, 0.05) is 11.8 Å². The molecule has 0 aliphatic carbocycles. The summed E-state index contributed by atoms with van der Waals surface area (Å²) in [5, 5.41) is 10.7. The number of esters is 1. The fourth-order valence-corrected chi connectivity index (χ4v) is 1.14. The molecule has 0 aromatic heterocycles. The van der Waals surface area contributed by atoms with Gasteiger partial charge in [-0.05, 0) is 19.1 Å². The molecule has 0 spiro atoms. The van der Waals surface area contributed by atoms with E-state index in [1.54, 1.807) is 6.92 Å². The highest BCUT2D eigenvalue weighted by molar-refractivity contribution is 5.71. The van der Waals surface area contributed by atoms with Crippen LogP contribution in [0.3, 0.4) is 0 Å². The Morgan fingerprint density at radius 1 is 1.53 bits per heavy atom. The first-order chi connectivity index (χ1) is 8.04. The number of ether oxygens (including phenoxy) is 2. The average Bonchev–Trinajstić information content (AvgIpc) is 2.27. The maximum Gasteiger partial charge on any atom is 0.344 e. The molecule has 0 heterocycles. The van der Waals surface area contributed by atoms with Crippen LogP contribution in [-0.4, -0.2) is 24.1 Å². The van der Waals surface area contributed by atoms with Gasteiger partial charge in [0.2, 0.25) is 0 Å². The zero-order valence-electron chi connectivity index (χ0n) is 9.21. The largest absolute Gasteiger partial charge is 0.475 e. The number of nitrogens with zero attached hydrogens (tertiary/aromatic N) is 1. The lowest BCUT2D eigenvalue weighted by Gasteiger charge is -2.06. The number of nitro groups is 1. The van der Waals surface area contributed by atoms with Gasteiger partial charge in [-0.3, -0.25) is 10.1 Å². The SMILES string of the molecule is CCOC(=O)COc1ccc(N)cc1[N+](=O)[O-]. The summed E-state index contributed by atoms with van der Waals surface area (Å²) in [6.45, 7) is 1.51. The molecule has 1 rings (SSSR count). The van der Waals surface area contributed by atoms with Crippen LogP contribution in [0.25, 0.3) is 0 Å². The Morgan fingerprint density at radius 2 is 2.24 bits per heavy atom. The lowest BCUT2D eigenvalue weighted by atomic mass is 10.2. The number of nitrogens with two attached hydrogens (primary N) is 1. The van der Waals surface area contributed by atoms with Gasteiger partial charge in [-0.1, -0.05) is 0 Å². The van der Waals surface area contributed by atoms with Crippen molar-refractivity contribution in [3.8, 4) is 5.75 Å². The quantitative estimate of drug-likeness (QED) is 0.358. The minimum absolute atomic E-state index is 0.0164. The molecule has 7 nitrogen and oxygen atoms in total. The minimum atomic E-state index is -0.628. The van der Waals surface area contributed by atoms with Crippen LogP contribution in [0.4, 0.5) is 11.4 Å². The summed E-state index contributed by atoms with van der Waals surface area (Å²) in [5.41, 5.74) is 5.38. The summed E-state index contributed by atoms with van der Waals surface area (Å²) in [5.74, 6) is -0.601. The summed E-state index contributed by atoms with van der Waals surface area (Å²) < 4.78 is 9.63. The maximum atomic E-state index is 11.0. The summed E-state index contributed by atoms with van der Waals surface area (Å²) in [6.07, 6.45) is 0. The van der Waals surface area contributed by atoms with Crippen LogP contribution in [0.5, 0.6) is 5.75 Å². The van der Waals surface area contributed by atoms with Crippen molar-refractivity contribution in [2.75, 3.05) is 18.9 Å². The van der Waals surface area contributed by atoms with Gasteiger partial charge in [-0.2, -0.15) is 0 Å². The van der Waals surface area contributed by atoms with Crippen molar-refractivity contribution in [1.82, 2.24) is 0 Å². The lowest BCUT2D eigenvalue weighted by Crippen LogP contribution is -2.15. The fraction of sp³-hybridized carbons (Fsp3) is 0.300. The smallest absolute Gasteiger partial charge is 0.344 e. The van der Waals surface area contributed by atoms with E-state index in [9.17, 15) is 14.9 Å². The normalized spacial score (nSPS) is 9.71. The van der Waals surface area contributed by atoms with Crippen LogP contribution in [0, 0.1) is 10.1 Å². The topological polar surface area (TPSA) is 105 Å². The molecule has 1 aromatic rings. The third-order valence-electron chi connectivity index (χ3n) is 1.83. The van der Waals surface area contributed by atoms with E-state index in [-0.39, 0.29) is 30.3 Å². The van der Waals surface area contributed by atoms with E-state index >= 15 is 0 Å². The first-order valence-corrected chi connectivity index (χ1v) is 4.87. The van der Waals surface area contributed by atoms with Crippen molar-refractivity contribution in [3.05, 3.63) is 28.3 Å². The molecule has 2 N–H and O–H groups in total. The van der Waals surface area contributed by atoms with E-state index in [2.05, 4.69) is 4.74 Å². The van der Waals surface area contributed by atoms with Gasteiger partial charge < -0.3 is 15.2 Å².